The molecule has 0 radical (unpaired) electrons. The summed E-state index contributed by atoms with van der Waals surface area (Å²) in [5, 5.41) is 3.79. The first-order valence-electron chi connectivity index (χ1n) is 9.20. The van der Waals surface area contributed by atoms with E-state index in [1.165, 1.54) is 22.5 Å². The third-order valence-electron chi connectivity index (χ3n) is 5.08. The highest BCUT2D eigenvalue weighted by molar-refractivity contribution is 7.89. The largest absolute Gasteiger partial charge is 0.349 e. The molecule has 1 unspecified atom stereocenters. The molecule has 3 rings (SSSR count). The zero-order valence-electron chi connectivity index (χ0n) is 15.7. The van der Waals surface area contributed by atoms with Gasteiger partial charge in [0.25, 0.3) is 0 Å². The Balaban J connectivity index is 1.61. The van der Waals surface area contributed by atoms with Crippen LogP contribution in [0.5, 0.6) is 0 Å². The molecule has 2 aromatic carbocycles. The van der Waals surface area contributed by atoms with Crippen molar-refractivity contribution in [2.75, 3.05) is 13.1 Å². The predicted octanol–water partition coefficient (Wildman–Crippen LogP) is 4.41. The average molecular weight is 459 g/mol. The lowest BCUT2D eigenvalue weighted by Crippen LogP contribution is -2.43. The number of benzene rings is 2. The summed E-state index contributed by atoms with van der Waals surface area (Å²) in [5.74, 6) is -1.23. The van der Waals surface area contributed by atoms with Crippen molar-refractivity contribution in [3.05, 3.63) is 63.9 Å². The number of rotatable bonds is 5. The smallest absolute Gasteiger partial charge is 0.245 e. The van der Waals surface area contributed by atoms with Gasteiger partial charge in [0.2, 0.25) is 15.9 Å². The lowest BCUT2D eigenvalue weighted by atomic mass is 9.96. The van der Waals surface area contributed by atoms with E-state index in [1.54, 1.807) is 18.2 Å². The van der Waals surface area contributed by atoms with Gasteiger partial charge in [-0.3, -0.25) is 4.79 Å². The van der Waals surface area contributed by atoms with Gasteiger partial charge in [0, 0.05) is 19.0 Å². The Morgan fingerprint density at radius 1 is 1.14 bits per heavy atom. The predicted molar refractivity (Wildman–Crippen MR) is 111 cm³/mol. The van der Waals surface area contributed by atoms with E-state index in [0.29, 0.717) is 22.9 Å². The first-order chi connectivity index (χ1) is 13.7. The number of carbonyl (C=O) groups excluding carboxylic acids is 1. The number of piperidine rings is 1. The van der Waals surface area contributed by atoms with Gasteiger partial charge in [-0.25, -0.2) is 12.8 Å². The second-order valence-electron chi connectivity index (χ2n) is 7.01. The summed E-state index contributed by atoms with van der Waals surface area (Å²) in [7, 11) is -3.92. The summed E-state index contributed by atoms with van der Waals surface area (Å²) in [4.78, 5) is 12.3. The average Bonchev–Trinajstić information content (AvgIpc) is 2.70. The summed E-state index contributed by atoms with van der Waals surface area (Å²) >= 11 is 12.0. The number of carbonyl (C=O) groups is 1. The third-order valence-corrected chi connectivity index (χ3v) is 7.75. The van der Waals surface area contributed by atoms with Crippen LogP contribution in [-0.4, -0.2) is 31.7 Å². The number of halogens is 3. The van der Waals surface area contributed by atoms with Crippen LogP contribution in [0.4, 0.5) is 4.39 Å². The second kappa shape index (κ2) is 9.00. The Labute approximate surface area is 179 Å². The zero-order chi connectivity index (χ0) is 21.2. The Morgan fingerprint density at radius 3 is 2.41 bits per heavy atom. The van der Waals surface area contributed by atoms with Crippen molar-refractivity contribution in [3.8, 4) is 0 Å². The molecule has 0 bridgehead atoms. The van der Waals surface area contributed by atoms with Crippen molar-refractivity contribution in [2.45, 2.75) is 30.7 Å². The molecule has 29 heavy (non-hydrogen) atoms. The summed E-state index contributed by atoms with van der Waals surface area (Å²) < 4.78 is 40.5. The van der Waals surface area contributed by atoms with E-state index in [1.807, 2.05) is 6.92 Å². The molecule has 0 saturated carbocycles. The van der Waals surface area contributed by atoms with Gasteiger partial charge in [0.15, 0.2) is 0 Å². The van der Waals surface area contributed by atoms with Gasteiger partial charge in [0.1, 0.15) is 10.7 Å². The molecule has 5 nitrogen and oxygen atoms in total. The van der Waals surface area contributed by atoms with Crippen LogP contribution in [0.3, 0.4) is 0 Å². The van der Waals surface area contributed by atoms with Crippen LogP contribution in [0.25, 0.3) is 0 Å². The van der Waals surface area contributed by atoms with E-state index in [2.05, 4.69) is 5.32 Å². The van der Waals surface area contributed by atoms with E-state index >= 15 is 0 Å². The molecule has 0 aromatic heterocycles. The normalized spacial score (nSPS) is 17.1. The summed E-state index contributed by atoms with van der Waals surface area (Å²) in [6.07, 6.45) is 0.737. The minimum absolute atomic E-state index is 0.147. The molecule has 1 saturated heterocycles. The highest BCUT2D eigenvalue weighted by atomic mass is 35.5. The molecule has 1 heterocycles. The summed E-state index contributed by atoms with van der Waals surface area (Å²) in [6, 6.07) is 10.2. The quantitative estimate of drug-likeness (QED) is 0.721. The van der Waals surface area contributed by atoms with Crippen LogP contribution in [-0.2, 0) is 14.8 Å². The Hall–Kier alpha value is -1.67. The molecule has 1 N–H and O–H groups in total. The molecule has 9 heteroatoms. The van der Waals surface area contributed by atoms with Crippen LogP contribution in [0.1, 0.15) is 31.4 Å². The van der Waals surface area contributed by atoms with Crippen molar-refractivity contribution in [1.82, 2.24) is 9.62 Å². The maximum Gasteiger partial charge on any atom is 0.245 e. The maximum atomic E-state index is 13.9. The molecule has 156 valence electrons. The van der Waals surface area contributed by atoms with Crippen molar-refractivity contribution in [3.63, 3.8) is 0 Å². The van der Waals surface area contributed by atoms with Crippen LogP contribution >= 0.6 is 23.2 Å². The standard InChI is InChI=1S/C20H21Cl2FN2O3S/c1-13(15-6-7-16(21)17(22)12-15)24-20(26)14-8-10-25(11-9-14)29(27,28)19-5-3-2-4-18(19)23/h2-7,12-14H,8-11H2,1H3,(H,24,26). The third kappa shape index (κ3) is 4.91. The van der Waals surface area contributed by atoms with Crippen molar-refractivity contribution >= 4 is 39.1 Å². The molecule has 1 aliphatic heterocycles. The van der Waals surface area contributed by atoms with E-state index in [-0.39, 0.29) is 35.9 Å². The molecule has 2 aromatic rings. The number of sulfonamides is 1. The van der Waals surface area contributed by atoms with Gasteiger partial charge in [-0.2, -0.15) is 4.31 Å². The fraction of sp³-hybridized carbons (Fsp3) is 0.350. The van der Waals surface area contributed by atoms with Gasteiger partial charge >= 0.3 is 0 Å². The number of amides is 1. The van der Waals surface area contributed by atoms with E-state index < -0.39 is 15.8 Å². The molecule has 1 aliphatic rings. The SMILES string of the molecule is CC(NC(=O)C1CCN(S(=O)(=O)c2ccccc2F)CC1)c1ccc(Cl)c(Cl)c1. The number of hydrogen-bond donors (Lipinski definition) is 1. The van der Waals surface area contributed by atoms with E-state index in [9.17, 15) is 17.6 Å². The maximum absolute atomic E-state index is 13.9. The first-order valence-corrected chi connectivity index (χ1v) is 11.4. The van der Waals surface area contributed by atoms with E-state index in [4.69, 9.17) is 23.2 Å². The molecule has 1 amide bonds. The Morgan fingerprint density at radius 2 is 1.79 bits per heavy atom. The number of nitrogens with zero attached hydrogens (tertiary/aromatic N) is 1. The fourth-order valence-corrected chi connectivity index (χ4v) is 5.19. The minimum Gasteiger partial charge on any atom is -0.349 e. The van der Waals surface area contributed by atoms with Crippen molar-refractivity contribution < 1.29 is 17.6 Å². The molecule has 1 atom stereocenters. The van der Waals surface area contributed by atoms with Crippen molar-refractivity contribution in [1.29, 1.82) is 0 Å². The lowest BCUT2D eigenvalue weighted by molar-refractivity contribution is -0.126. The lowest BCUT2D eigenvalue weighted by Gasteiger charge is -2.31. The Kier molecular flexibility index (Phi) is 6.83. The fourth-order valence-electron chi connectivity index (χ4n) is 3.35. The molecule has 0 aliphatic carbocycles. The second-order valence-corrected chi connectivity index (χ2v) is 9.73. The van der Waals surface area contributed by atoms with Crippen LogP contribution in [0, 0.1) is 11.7 Å². The highest BCUT2D eigenvalue weighted by Gasteiger charge is 2.33. The zero-order valence-corrected chi connectivity index (χ0v) is 18.1. The van der Waals surface area contributed by atoms with Gasteiger partial charge in [0.05, 0.1) is 16.1 Å². The highest BCUT2D eigenvalue weighted by Crippen LogP contribution is 2.28. The molecule has 1 fully saturated rings. The van der Waals surface area contributed by atoms with Gasteiger partial charge in [-0.1, -0.05) is 41.4 Å². The van der Waals surface area contributed by atoms with Gasteiger partial charge < -0.3 is 5.32 Å². The van der Waals surface area contributed by atoms with Crippen molar-refractivity contribution in [2.24, 2.45) is 5.92 Å². The minimum atomic E-state index is -3.92. The summed E-state index contributed by atoms with van der Waals surface area (Å²) in [5.41, 5.74) is 0.826. The van der Waals surface area contributed by atoms with Crippen LogP contribution in [0.15, 0.2) is 47.4 Å². The van der Waals surface area contributed by atoms with E-state index in [0.717, 1.165) is 11.6 Å². The van der Waals surface area contributed by atoms with Gasteiger partial charge in [-0.15, -0.1) is 0 Å². The van der Waals surface area contributed by atoms with Crippen LogP contribution in [0.2, 0.25) is 10.0 Å². The molecule has 0 spiro atoms. The molecular weight excluding hydrogens is 438 g/mol. The first kappa shape index (κ1) is 22.0. The topological polar surface area (TPSA) is 66.5 Å². The Bertz CT molecular complexity index is 1010. The van der Waals surface area contributed by atoms with Crippen LogP contribution < -0.4 is 5.32 Å². The summed E-state index contributed by atoms with van der Waals surface area (Å²) in [6.45, 7) is 2.17. The monoisotopic (exact) mass is 458 g/mol. The number of hydrogen-bond acceptors (Lipinski definition) is 3. The van der Waals surface area contributed by atoms with Gasteiger partial charge in [-0.05, 0) is 49.6 Å². The number of nitrogens with one attached hydrogen (secondary N) is 1. The molecular formula is C20H21Cl2FN2O3S.